The van der Waals surface area contributed by atoms with E-state index in [9.17, 15) is 18.0 Å². The van der Waals surface area contributed by atoms with E-state index in [0.29, 0.717) is 5.69 Å². The molecule has 7 nitrogen and oxygen atoms in total. The lowest BCUT2D eigenvalue weighted by molar-refractivity contribution is -0.139. The van der Waals surface area contributed by atoms with Gasteiger partial charge in [0.15, 0.2) is 0 Å². The molecule has 0 saturated heterocycles. The molecule has 2 amide bonds. The van der Waals surface area contributed by atoms with Crippen molar-refractivity contribution in [1.82, 2.24) is 10.2 Å². The lowest BCUT2D eigenvalue weighted by atomic mass is 10.0. The average molecular weight is 522 g/mol. The van der Waals surface area contributed by atoms with Crippen LogP contribution in [0.5, 0.6) is 0 Å². The second-order valence-electron chi connectivity index (χ2n) is 9.37. The molecule has 3 rings (SSSR count). The summed E-state index contributed by atoms with van der Waals surface area (Å²) in [6.45, 7) is 7.42. The van der Waals surface area contributed by atoms with Gasteiger partial charge in [0.1, 0.15) is 12.6 Å². The molecule has 0 heterocycles. The van der Waals surface area contributed by atoms with Gasteiger partial charge in [-0.2, -0.15) is 0 Å². The number of likely N-dealkylation sites (N-methyl/N-ethyl adjacent to an activating group) is 1. The van der Waals surface area contributed by atoms with Crippen molar-refractivity contribution < 1.29 is 18.0 Å². The number of carbonyl (C=O) groups is 2. The smallest absolute Gasteiger partial charge is 0.264 e. The van der Waals surface area contributed by atoms with Crippen molar-refractivity contribution in [3.8, 4) is 0 Å². The van der Waals surface area contributed by atoms with Gasteiger partial charge in [0.2, 0.25) is 11.8 Å². The predicted octanol–water partition coefficient (Wildman–Crippen LogP) is 4.48. The van der Waals surface area contributed by atoms with E-state index in [1.54, 1.807) is 37.3 Å². The molecular formula is C29H35N3O4S. The topological polar surface area (TPSA) is 86.8 Å². The van der Waals surface area contributed by atoms with Crippen molar-refractivity contribution in [2.24, 2.45) is 0 Å². The van der Waals surface area contributed by atoms with Crippen LogP contribution in [0.15, 0.2) is 83.8 Å². The average Bonchev–Trinajstić information content (AvgIpc) is 2.89. The Balaban J connectivity index is 2.03. The molecule has 196 valence electrons. The summed E-state index contributed by atoms with van der Waals surface area (Å²) in [6.07, 6.45) is 0. The van der Waals surface area contributed by atoms with E-state index in [1.165, 1.54) is 24.1 Å². The number of aryl methyl sites for hydroxylation is 1. The van der Waals surface area contributed by atoms with Crippen LogP contribution in [-0.2, 0) is 26.2 Å². The molecule has 1 N–H and O–H groups in total. The maximum absolute atomic E-state index is 13.8. The van der Waals surface area contributed by atoms with E-state index in [1.807, 2.05) is 43.3 Å². The first kappa shape index (κ1) is 27.9. The van der Waals surface area contributed by atoms with Gasteiger partial charge in [-0.1, -0.05) is 74.0 Å². The lowest BCUT2D eigenvalue weighted by Crippen LogP contribution is -2.50. The summed E-state index contributed by atoms with van der Waals surface area (Å²) in [5, 5.41) is 2.59. The summed E-state index contributed by atoms with van der Waals surface area (Å²) < 4.78 is 28.6. The van der Waals surface area contributed by atoms with Crippen LogP contribution >= 0.6 is 0 Å². The van der Waals surface area contributed by atoms with Gasteiger partial charge in [-0.25, -0.2) is 8.42 Å². The van der Waals surface area contributed by atoms with Crippen LogP contribution in [0, 0.1) is 6.92 Å². The normalized spacial score (nSPS) is 12.2. The quantitative estimate of drug-likeness (QED) is 0.426. The number of nitrogens with one attached hydrogen (secondary N) is 1. The molecule has 0 aliphatic rings. The number of rotatable bonds is 10. The fourth-order valence-electron chi connectivity index (χ4n) is 4.07. The minimum absolute atomic E-state index is 0.0836. The van der Waals surface area contributed by atoms with E-state index in [-0.39, 0.29) is 23.3 Å². The lowest BCUT2D eigenvalue weighted by Gasteiger charge is -2.32. The third-order valence-electron chi connectivity index (χ3n) is 6.31. The molecule has 3 aromatic rings. The highest BCUT2D eigenvalue weighted by Crippen LogP contribution is 2.26. The molecule has 0 aliphatic heterocycles. The Morgan fingerprint density at radius 3 is 2.11 bits per heavy atom. The molecule has 0 fully saturated rings. The zero-order chi connectivity index (χ0) is 27.2. The van der Waals surface area contributed by atoms with Crippen LogP contribution in [0.2, 0.25) is 0 Å². The van der Waals surface area contributed by atoms with Crippen LogP contribution in [-0.4, -0.2) is 44.8 Å². The fraction of sp³-hybridized carbons (Fsp3) is 0.310. The Morgan fingerprint density at radius 2 is 1.54 bits per heavy atom. The number of sulfonamides is 1. The number of hydrogen-bond donors (Lipinski definition) is 1. The summed E-state index contributed by atoms with van der Waals surface area (Å²) in [7, 11) is -2.55. The Labute approximate surface area is 220 Å². The Bertz CT molecular complexity index is 1320. The molecule has 8 heteroatoms. The van der Waals surface area contributed by atoms with E-state index >= 15 is 0 Å². The highest BCUT2D eigenvalue weighted by atomic mass is 32.2. The maximum Gasteiger partial charge on any atom is 0.264 e. The highest BCUT2D eigenvalue weighted by Gasteiger charge is 2.32. The van der Waals surface area contributed by atoms with Crippen molar-refractivity contribution in [2.45, 2.75) is 51.1 Å². The predicted molar refractivity (Wildman–Crippen MR) is 147 cm³/mol. The second-order valence-corrected chi connectivity index (χ2v) is 11.2. The van der Waals surface area contributed by atoms with Gasteiger partial charge in [0, 0.05) is 13.6 Å². The van der Waals surface area contributed by atoms with E-state index in [2.05, 4.69) is 19.2 Å². The van der Waals surface area contributed by atoms with E-state index in [0.717, 1.165) is 21.0 Å². The zero-order valence-corrected chi connectivity index (χ0v) is 22.8. The van der Waals surface area contributed by atoms with E-state index in [4.69, 9.17) is 0 Å². The van der Waals surface area contributed by atoms with Gasteiger partial charge in [-0.05, 0) is 55.2 Å². The van der Waals surface area contributed by atoms with Crippen molar-refractivity contribution >= 4 is 27.5 Å². The molecular weight excluding hydrogens is 486 g/mol. The Hall–Kier alpha value is -3.65. The first-order chi connectivity index (χ1) is 17.5. The maximum atomic E-state index is 13.8. The van der Waals surface area contributed by atoms with Crippen molar-refractivity contribution in [2.75, 3.05) is 17.9 Å². The SMILES string of the molecule is CNC(=O)C(C)N(Cc1cccc(C)c1)C(=O)CN(c1ccc(C(C)C)cc1)S(=O)(=O)c1ccccc1. The molecule has 0 aliphatic carbocycles. The third-order valence-corrected chi connectivity index (χ3v) is 8.09. The van der Waals surface area contributed by atoms with Crippen LogP contribution in [0.1, 0.15) is 43.4 Å². The van der Waals surface area contributed by atoms with Gasteiger partial charge < -0.3 is 10.2 Å². The van der Waals surface area contributed by atoms with Crippen LogP contribution in [0.25, 0.3) is 0 Å². The molecule has 37 heavy (non-hydrogen) atoms. The monoisotopic (exact) mass is 521 g/mol. The number of carbonyl (C=O) groups excluding carboxylic acids is 2. The molecule has 3 aromatic carbocycles. The molecule has 1 unspecified atom stereocenters. The minimum Gasteiger partial charge on any atom is -0.357 e. The number of anilines is 1. The Kier molecular flexibility index (Phi) is 9.10. The summed E-state index contributed by atoms with van der Waals surface area (Å²) in [5.41, 5.74) is 3.31. The van der Waals surface area contributed by atoms with Gasteiger partial charge in [0.05, 0.1) is 10.6 Å². The standard InChI is InChI=1S/C29H35N3O4S/c1-21(2)25-14-16-26(17-15-25)32(37(35,36)27-12-7-6-8-13-27)20-28(33)31(23(4)29(34)30-5)19-24-11-9-10-22(3)18-24/h6-18,21,23H,19-20H2,1-5H3,(H,30,34). The van der Waals surface area contributed by atoms with Crippen molar-refractivity contribution in [3.05, 3.63) is 95.6 Å². The fourth-order valence-corrected chi connectivity index (χ4v) is 5.51. The molecule has 1 atom stereocenters. The number of hydrogen-bond acceptors (Lipinski definition) is 4. The van der Waals surface area contributed by atoms with Gasteiger partial charge in [0.25, 0.3) is 10.0 Å². The largest absolute Gasteiger partial charge is 0.357 e. The summed E-state index contributed by atoms with van der Waals surface area (Å²) in [5.74, 6) is -0.544. The van der Waals surface area contributed by atoms with E-state index < -0.39 is 28.5 Å². The first-order valence-electron chi connectivity index (χ1n) is 12.3. The third kappa shape index (κ3) is 6.77. The summed E-state index contributed by atoms with van der Waals surface area (Å²) in [4.78, 5) is 27.8. The van der Waals surface area contributed by atoms with Crippen LogP contribution in [0.4, 0.5) is 5.69 Å². The molecule has 0 saturated carbocycles. The van der Waals surface area contributed by atoms with Crippen LogP contribution < -0.4 is 9.62 Å². The summed E-state index contributed by atoms with van der Waals surface area (Å²) >= 11 is 0. The van der Waals surface area contributed by atoms with Crippen molar-refractivity contribution in [3.63, 3.8) is 0 Å². The first-order valence-corrected chi connectivity index (χ1v) is 13.7. The zero-order valence-electron chi connectivity index (χ0n) is 22.0. The minimum atomic E-state index is -4.06. The number of amides is 2. The molecule has 0 aromatic heterocycles. The number of nitrogens with zero attached hydrogens (tertiary/aromatic N) is 2. The highest BCUT2D eigenvalue weighted by molar-refractivity contribution is 7.92. The number of benzene rings is 3. The molecule has 0 bridgehead atoms. The van der Waals surface area contributed by atoms with Crippen molar-refractivity contribution in [1.29, 1.82) is 0 Å². The Morgan fingerprint density at radius 1 is 0.892 bits per heavy atom. The van der Waals surface area contributed by atoms with Gasteiger partial charge in [-0.15, -0.1) is 0 Å². The molecule has 0 spiro atoms. The van der Waals surface area contributed by atoms with Crippen LogP contribution in [0.3, 0.4) is 0 Å². The van der Waals surface area contributed by atoms with Gasteiger partial charge >= 0.3 is 0 Å². The molecule has 0 radical (unpaired) electrons. The van der Waals surface area contributed by atoms with Gasteiger partial charge in [-0.3, -0.25) is 13.9 Å². The summed E-state index contributed by atoms with van der Waals surface area (Å²) in [6, 6.07) is 22.1. The second kappa shape index (κ2) is 12.1.